The molecule has 3 fully saturated rings. The van der Waals surface area contributed by atoms with Gasteiger partial charge in [-0.1, -0.05) is 0 Å². The molecule has 3 aliphatic heterocycles. The Hall–Kier alpha value is -0.120. The molecule has 104 valence electrons. The van der Waals surface area contributed by atoms with E-state index in [-0.39, 0.29) is 0 Å². The van der Waals surface area contributed by atoms with Crippen molar-refractivity contribution in [2.24, 2.45) is 11.3 Å². The molecular formula is C15H28N2O. The Kier molecular flexibility index (Phi) is 3.92. The number of hydrogen-bond donors (Lipinski definition) is 1. The summed E-state index contributed by atoms with van der Waals surface area (Å²) in [6, 6.07) is 0.725. The van der Waals surface area contributed by atoms with Crippen LogP contribution in [-0.4, -0.2) is 50.3 Å². The average molecular weight is 252 g/mol. The fourth-order valence-corrected chi connectivity index (χ4v) is 4.16. The fourth-order valence-electron chi connectivity index (χ4n) is 4.16. The van der Waals surface area contributed by atoms with E-state index in [4.69, 9.17) is 4.74 Å². The van der Waals surface area contributed by atoms with Gasteiger partial charge in [0.2, 0.25) is 0 Å². The summed E-state index contributed by atoms with van der Waals surface area (Å²) in [6.45, 7) is 9.56. The highest BCUT2D eigenvalue weighted by molar-refractivity contribution is 4.92. The van der Waals surface area contributed by atoms with Crippen molar-refractivity contribution in [1.82, 2.24) is 10.2 Å². The molecule has 1 spiro atoms. The predicted molar refractivity (Wildman–Crippen MR) is 73.7 cm³/mol. The fraction of sp³-hybridized carbons (Fsp3) is 1.00. The molecule has 18 heavy (non-hydrogen) atoms. The third-order valence-electron chi connectivity index (χ3n) is 5.32. The summed E-state index contributed by atoms with van der Waals surface area (Å²) in [5.74, 6) is 0.927. The third-order valence-corrected chi connectivity index (χ3v) is 5.32. The molecule has 2 atom stereocenters. The largest absolute Gasteiger partial charge is 0.381 e. The van der Waals surface area contributed by atoms with Gasteiger partial charge in [-0.15, -0.1) is 0 Å². The Labute approximate surface area is 111 Å². The topological polar surface area (TPSA) is 24.5 Å². The van der Waals surface area contributed by atoms with Crippen molar-refractivity contribution in [2.45, 2.75) is 45.1 Å². The highest BCUT2D eigenvalue weighted by atomic mass is 16.5. The van der Waals surface area contributed by atoms with E-state index >= 15 is 0 Å². The summed E-state index contributed by atoms with van der Waals surface area (Å²) >= 11 is 0. The van der Waals surface area contributed by atoms with E-state index in [0.29, 0.717) is 5.41 Å². The van der Waals surface area contributed by atoms with Crippen LogP contribution >= 0.6 is 0 Å². The number of nitrogens with zero attached hydrogens (tertiary/aromatic N) is 1. The van der Waals surface area contributed by atoms with Gasteiger partial charge in [0.25, 0.3) is 0 Å². The van der Waals surface area contributed by atoms with E-state index in [0.717, 1.165) is 25.2 Å². The van der Waals surface area contributed by atoms with Crippen molar-refractivity contribution in [3.05, 3.63) is 0 Å². The number of rotatable bonds is 2. The molecule has 3 heterocycles. The molecule has 3 saturated heterocycles. The molecule has 1 N–H and O–H groups in total. The van der Waals surface area contributed by atoms with Gasteiger partial charge in [0.1, 0.15) is 0 Å². The van der Waals surface area contributed by atoms with Crippen molar-refractivity contribution in [1.29, 1.82) is 0 Å². The van der Waals surface area contributed by atoms with Crippen molar-refractivity contribution in [3.63, 3.8) is 0 Å². The zero-order chi connectivity index (χ0) is 12.4. The van der Waals surface area contributed by atoms with Crippen LogP contribution in [-0.2, 0) is 4.74 Å². The summed E-state index contributed by atoms with van der Waals surface area (Å²) in [5.41, 5.74) is 0.622. The van der Waals surface area contributed by atoms with Gasteiger partial charge < -0.3 is 15.0 Å². The maximum absolute atomic E-state index is 5.53. The van der Waals surface area contributed by atoms with Crippen molar-refractivity contribution < 1.29 is 4.74 Å². The summed E-state index contributed by atoms with van der Waals surface area (Å²) in [7, 11) is 0. The minimum absolute atomic E-state index is 0.622. The Morgan fingerprint density at radius 3 is 2.89 bits per heavy atom. The molecule has 0 aromatic carbocycles. The Bertz CT molecular complexity index is 276. The second-order valence-corrected chi connectivity index (χ2v) is 6.84. The summed E-state index contributed by atoms with van der Waals surface area (Å²) in [5, 5.41) is 3.56. The molecule has 3 aliphatic rings. The molecule has 0 saturated carbocycles. The van der Waals surface area contributed by atoms with E-state index in [1.807, 2.05) is 0 Å². The molecule has 0 aliphatic carbocycles. The minimum Gasteiger partial charge on any atom is -0.381 e. The SMILES string of the molecule is CC1CC(CN2CCC3(CCOCC3)C2)CCN1. The van der Waals surface area contributed by atoms with Gasteiger partial charge in [-0.2, -0.15) is 0 Å². The highest BCUT2D eigenvalue weighted by Gasteiger charge is 2.39. The quantitative estimate of drug-likeness (QED) is 0.812. The number of hydrogen-bond acceptors (Lipinski definition) is 3. The third kappa shape index (κ3) is 2.89. The van der Waals surface area contributed by atoms with Gasteiger partial charge in [-0.05, 0) is 63.5 Å². The first kappa shape index (κ1) is 12.9. The molecule has 3 rings (SSSR count). The smallest absolute Gasteiger partial charge is 0.0471 e. The maximum Gasteiger partial charge on any atom is 0.0471 e. The van der Waals surface area contributed by atoms with E-state index in [2.05, 4.69) is 17.1 Å². The van der Waals surface area contributed by atoms with Crippen molar-refractivity contribution >= 4 is 0 Å². The molecular weight excluding hydrogens is 224 g/mol. The Morgan fingerprint density at radius 2 is 2.11 bits per heavy atom. The molecule has 0 radical (unpaired) electrons. The van der Waals surface area contributed by atoms with Gasteiger partial charge in [-0.3, -0.25) is 0 Å². The van der Waals surface area contributed by atoms with E-state index in [1.54, 1.807) is 0 Å². The summed E-state index contributed by atoms with van der Waals surface area (Å²) in [6.07, 6.45) is 6.75. The monoisotopic (exact) mass is 252 g/mol. The van der Waals surface area contributed by atoms with Crippen LogP contribution in [0.3, 0.4) is 0 Å². The normalized spacial score (nSPS) is 37.2. The summed E-state index contributed by atoms with van der Waals surface area (Å²) in [4.78, 5) is 2.74. The number of likely N-dealkylation sites (tertiary alicyclic amines) is 1. The molecule has 0 aromatic heterocycles. The lowest BCUT2D eigenvalue weighted by atomic mass is 9.79. The van der Waals surface area contributed by atoms with Crippen LogP contribution in [0.25, 0.3) is 0 Å². The first-order valence-corrected chi connectivity index (χ1v) is 7.79. The van der Waals surface area contributed by atoms with Crippen molar-refractivity contribution in [3.8, 4) is 0 Å². The first-order valence-electron chi connectivity index (χ1n) is 7.79. The van der Waals surface area contributed by atoms with E-state index in [9.17, 15) is 0 Å². The van der Waals surface area contributed by atoms with Crippen LogP contribution in [0.1, 0.15) is 39.0 Å². The van der Waals surface area contributed by atoms with Crippen molar-refractivity contribution in [2.75, 3.05) is 39.4 Å². The zero-order valence-electron chi connectivity index (χ0n) is 11.8. The van der Waals surface area contributed by atoms with E-state index < -0.39 is 0 Å². The predicted octanol–water partition coefficient (Wildman–Crippen LogP) is 1.88. The van der Waals surface area contributed by atoms with Crippen LogP contribution in [0, 0.1) is 11.3 Å². The lowest BCUT2D eigenvalue weighted by molar-refractivity contribution is 0.0184. The van der Waals surface area contributed by atoms with Crippen LogP contribution < -0.4 is 5.32 Å². The van der Waals surface area contributed by atoms with Crippen LogP contribution in [0.5, 0.6) is 0 Å². The van der Waals surface area contributed by atoms with Crippen LogP contribution in [0.4, 0.5) is 0 Å². The average Bonchev–Trinajstić information content (AvgIpc) is 2.73. The van der Waals surface area contributed by atoms with Gasteiger partial charge in [0, 0.05) is 32.3 Å². The highest BCUT2D eigenvalue weighted by Crippen LogP contribution is 2.40. The molecule has 0 amide bonds. The Morgan fingerprint density at radius 1 is 1.28 bits per heavy atom. The van der Waals surface area contributed by atoms with Gasteiger partial charge in [0.05, 0.1) is 0 Å². The standard InChI is InChI=1S/C15H28N2O/c1-13-10-14(2-6-16-13)11-17-7-3-15(12-17)4-8-18-9-5-15/h13-14,16H,2-12H2,1H3. The van der Waals surface area contributed by atoms with Gasteiger partial charge in [0.15, 0.2) is 0 Å². The van der Waals surface area contributed by atoms with Crippen LogP contribution in [0.15, 0.2) is 0 Å². The van der Waals surface area contributed by atoms with E-state index in [1.165, 1.54) is 58.3 Å². The lowest BCUT2D eigenvalue weighted by Gasteiger charge is -2.35. The maximum atomic E-state index is 5.53. The van der Waals surface area contributed by atoms with Gasteiger partial charge >= 0.3 is 0 Å². The second-order valence-electron chi connectivity index (χ2n) is 6.84. The summed E-state index contributed by atoms with van der Waals surface area (Å²) < 4.78 is 5.53. The second kappa shape index (κ2) is 5.48. The number of nitrogens with one attached hydrogen (secondary N) is 1. The lowest BCUT2D eigenvalue weighted by Crippen LogP contribution is -2.41. The first-order chi connectivity index (χ1) is 8.76. The van der Waals surface area contributed by atoms with Crippen LogP contribution in [0.2, 0.25) is 0 Å². The molecule has 0 bridgehead atoms. The number of piperidine rings is 1. The van der Waals surface area contributed by atoms with Gasteiger partial charge in [-0.25, -0.2) is 0 Å². The molecule has 3 nitrogen and oxygen atoms in total. The number of ether oxygens (including phenoxy) is 1. The zero-order valence-corrected chi connectivity index (χ0v) is 11.8. The Balaban J connectivity index is 1.49. The molecule has 3 heteroatoms. The minimum atomic E-state index is 0.622. The molecule has 2 unspecified atom stereocenters. The molecule has 0 aromatic rings.